The Kier molecular flexibility index (Phi) is 5.51. The molecular formula is C11H14ClIN2O. The summed E-state index contributed by atoms with van der Waals surface area (Å²) < 4.78 is 0.868. The minimum absolute atomic E-state index is 0.0529. The highest BCUT2D eigenvalue weighted by atomic mass is 127. The molecule has 0 spiro atoms. The van der Waals surface area contributed by atoms with Crippen molar-refractivity contribution >= 4 is 40.1 Å². The second kappa shape index (κ2) is 6.42. The van der Waals surface area contributed by atoms with Gasteiger partial charge in [0.1, 0.15) is 0 Å². The van der Waals surface area contributed by atoms with Crippen molar-refractivity contribution in [2.75, 3.05) is 27.2 Å². The Morgan fingerprint density at radius 1 is 1.50 bits per heavy atom. The first-order valence-corrected chi connectivity index (χ1v) is 6.34. The van der Waals surface area contributed by atoms with Gasteiger partial charge in [0, 0.05) is 21.7 Å². The highest BCUT2D eigenvalue weighted by Crippen LogP contribution is 2.17. The van der Waals surface area contributed by atoms with Gasteiger partial charge >= 0.3 is 0 Å². The molecule has 0 atom stereocenters. The third kappa shape index (κ3) is 4.27. The summed E-state index contributed by atoms with van der Waals surface area (Å²) in [6, 6.07) is 5.25. The monoisotopic (exact) mass is 352 g/mol. The molecule has 1 N–H and O–H groups in total. The summed E-state index contributed by atoms with van der Waals surface area (Å²) in [6.45, 7) is 1.47. The number of benzene rings is 1. The van der Waals surface area contributed by atoms with Crippen LogP contribution in [0.5, 0.6) is 0 Å². The molecule has 0 unspecified atom stereocenters. The number of nitrogens with one attached hydrogen (secondary N) is 1. The first-order chi connectivity index (χ1) is 7.50. The second-order valence-electron chi connectivity index (χ2n) is 3.68. The molecule has 0 bridgehead atoms. The fraction of sp³-hybridized carbons (Fsp3) is 0.364. The Bertz CT molecular complexity index is 382. The van der Waals surface area contributed by atoms with E-state index < -0.39 is 0 Å². The van der Waals surface area contributed by atoms with E-state index in [0.29, 0.717) is 17.1 Å². The van der Waals surface area contributed by atoms with Crippen molar-refractivity contribution in [3.63, 3.8) is 0 Å². The molecule has 5 heteroatoms. The van der Waals surface area contributed by atoms with Crippen LogP contribution in [0.15, 0.2) is 18.2 Å². The number of rotatable bonds is 4. The summed E-state index contributed by atoms with van der Waals surface area (Å²) in [5.74, 6) is -0.0529. The van der Waals surface area contributed by atoms with Crippen molar-refractivity contribution in [1.29, 1.82) is 0 Å². The molecule has 0 aromatic heterocycles. The smallest absolute Gasteiger partial charge is 0.252 e. The van der Waals surface area contributed by atoms with Gasteiger partial charge in [-0.15, -0.1) is 0 Å². The molecule has 1 rings (SSSR count). The molecule has 0 aliphatic heterocycles. The number of likely N-dealkylation sites (N-methyl/N-ethyl adjacent to an activating group) is 1. The maximum atomic E-state index is 11.8. The Labute approximate surface area is 114 Å². The number of carbonyl (C=O) groups excluding carboxylic acids is 1. The number of nitrogens with zero attached hydrogens (tertiary/aromatic N) is 1. The number of amides is 1. The number of carbonyl (C=O) groups is 1. The van der Waals surface area contributed by atoms with Gasteiger partial charge in [-0.1, -0.05) is 11.6 Å². The van der Waals surface area contributed by atoms with Gasteiger partial charge in [0.25, 0.3) is 5.91 Å². The lowest BCUT2D eigenvalue weighted by Gasteiger charge is -2.11. The van der Waals surface area contributed by atoms with Crippen molar-refractivity contribution in [2.24, 2.45) is 0 Å². The summed E-state index contributed by atoms with van der Waals surface area (Å²) >= 11 is 7.94. The largest absolute Gasteiger partial charge is 0.351 e. The maximum Gasteiger partial charge on any atom is 0.252 e. The predicted molar refractivity (Wildman–Crippen MR) is 75.1 cm³/mol. The first-order valence-electron chi connectivity index (χ1n) is 4.88. The van der Waals surface area contributed by atoms with Gasteiger partial charge in [0.2, 0.25) is 0 Å². The van der Waals surface area contributed by atoms with Gasteiger partial charge in [-0.05, 0) is 54.9 Å². The van der Waals surface area contributed by atoms with E-state index in [1.165, 1.54) is 0 Å². The third-order valence-electron chi connectivity index (χ3n) is 2.02. The fourth-order valence-electron chi connectivity index (χ4n) is 1.16. The van der Waals surface area contributed by atoms with Crippen LogP contribution in [0, 0.1) is 3.57 Å². The van der Waals surface area contributed by atoms with Gasteiger partial charge in [-0.3, -0.25) is 4.79 Å². The summed E-state index contributed by atoms with van der Waals surface area (Å²) in [6.07, 6.45) is 0. The summed E-state index contributed by atoms with van der Waals surface area (Å²) in [5.41, 5.74) is 0.670. The Morgan fingerprint density at radius 3 is 2.75 bits per heavy atom. The number of hydrogen-bond donors (Lipinski definition) is 1. The molecule has 0 saturated heterocycles. The lowest BCUT2D eigenvalue weighted by molar-refractivity contribution is 0.0950. The topological polar surface area (TPSA) is 32.3 Å². The summed E-state index contributed by atoms with van der Waals surface area (Å²) in [7, 11) is 3.94. The van der Waals surface area contributed by atoms with E-state index in [9.17, 15) is 4.79 Å². The zero-order chi connectivity index (χ0) is 12.1. The van der Waals surface area contributed by atoms with Gasteiger partial charge < -0.3 is 10.2 Å². The molecule has 0 radical (unpaired) electrons. The van der Waals surface area contributed by atoms with Crippen LogP contribution in [0.3, 0.4) is 0 Å². The zero-order valence-electron chi connectivity index (χ0n) is 9.26. The van der Waals surface area contributed by atoms with Crippen LogP contribution in [0.25, 0.3) is 0 Å². The Hall–Kier alpha value is -0.330. The molecule has 0 aliphatic carbocycles. The quantitative estimate of drug-likeness (QED) is 0.843. The van der Waals surface area contributed by atoms with Crippen LogP contribution in [0.4, 0.5) is 0 Å². The van der Waals surface area contributed by atoms with Gasteiger partial charge in [-0.25, -0.2) is 0 Å². The van der Waals surface area contributed by atoms with Crippen LogP contribution in [0.2, 0.25) is 5.02 Å². The van der Waals surface area contributed by atoms with E-state index in [-0.39, 0.29) is 5.91 Å². The van der Waals surface area contributed by atoms with E-state index in [4.69, 9.17) is 11.6 Å². The predicted octanol–water partition coefficient (Wildman–Crippen LogP) is 2.24. The molecule has 88 valence electrons. The lowest BCUT2D eigenvalue weighted by Crippen LogP contribution is -2.31. The molecular weight excluding hydrogens is 338 g/mol. The third-order valence-corrected chi connectivity index (χ3v) is 3.15. The molecule has 0 aliphatic rings. The normalized spacial score (nSPS) is 10.6. The Morgan fingerprint density at radius 2 is 2.19 bits per heavy atom. The summed E-state index contributed by atoms with van der Waals surface area (Å²) in [5, 5.41) is 3.51. The minimum atomic E-state index is -0.0529. The van der Waals surface area contributed by atoms with Crippen LogP contribution in [-0.4, -0.2) is 38.0 Å². The second-order valence-corrected chi connectivity index (χ2v) is 5.28. The zero-order valence-corrected chi connectivity index (χ0v) is 12.2. The van der Waals surface area contributed by atoms with E-state index in [1.54, 1.807) is 18.2 Å². The van der Waals surface area contributed by atoms with Gasteiger partial charge in [0.05, 0.1) is 5.56 Å². The van der Waals surface area contributed by atoms with Gasteiger partial charge in [0.15, 0.2) is 0 Å². The molecule has 16 heavy (non-hydrogen) atoms. The SMILES string of the molecule is CN(C)CCNC(=O)c1ccc(Cl)cc1I. The van der Waals surface area contributed by atoms with Crippen LogP contribution in [0.1, 0.15) is 10.4 Å². The highest BCUT2D eigenvalue weighted by Gasteiger charge is 2.09. The van der Waals surface area contributed by atoms with E-state index >= 15 is 0 Å². The maximum absolute atomic E-state index is 11.8. The van der Waals surface area contributed by atoms with Crippen molar-refractivity contribution in [3.8, 4) is 0 Å². The Balaban J connectivity index is 2.59. The van der Waals surface area contributed by atoms with Crippen molar-refractivity contribution in [3.05, 3.63) is 32.4 Å². The average Bonchev–Trinajstić information content (AvgIpc) is 2.16. The number of hydrogen-bond acceptors (Lipinski definition) is 2. The molecule has 0 saturated carbocycles. The first kappa shape index (κ1) is 13.7. The van der Waals surface area contributed by atoms with E-state index in [1.807, 2.05) is 19.0 Å². The molecule has 3 nitrogen and oxygen atoms in total. The van der Waals surface area contributed by atoms with Crippen LogP contribution < -0.4 is 5.32 Å². The molecule has 0 heterocycles. The fourth-order valence-corrected chi connectivity index (χ4v) is 2.28. The van der Waals surface area contributed by atoms with Gasteiger partial charge in [-0.2, -0.15) is 0 Å². The molecule has 0 fully saturated rings. The van der Waals surface area contributed by atoms with Crippen LogP contribution in [-0.2, 0) is 0 Å². The average molecular weight is 353 g/mol. The van der Waals surface area contributed by atoms with Crippen molar-refractivity contribution in [1.82, 2.24) is 10.2 Å². The molecule has 1 aromatic carbocycles. The van der Waals surface area contributed by atoms with E-state index in [2.05, 4.69) is 27.9 Å². The standard InChI is InChI=1S/C11H14ClIN2O/c1-15(2)6-5-14-11(16)9-4-3-8(12)7-10(9)13/h3-4,7H,5-6H2,1-2H3,(H,14,16). The van der Waals surface area contributed by atoms with Crippen LogP contribution >= 0.6 is 34.2 Å². The lowest BCUT2D eigenvalue weighted by atomic mass is 10.2. The highest BCUT2D eigenvalue weighted by molar-refractivity contribution is 14.1. The van der Waals surface area contributed by atoms with Crippen molar-refractivity contribution < 1.29 is 4.79 Å². The molecule has 1 amide bonds. The summed E-state index contributed by atoms with van der Waals surface area (Å²) in [4.78, 5) is 13.8. The van der Waals surface area contributed by atoms with Crippen molar-refractivity contribution in [2.45, 2.75) is 0 Å². The molecule has 1 aromatic rings. The van der Waals surface area contributed by atoms with E-state index in [0.717, 1.165) is 10.1 Å². The number of halogens is 2. The minimum Gasteiger partial charge on any atom is -0.351 e.